The molecule has 4 aromatic carbocycles. The third-order valence-corrected chi connectivity index (χ3v) is 15.1. The summed E-state index contributed by atoms with van der Waals surface area (Å²) >= 11 is 0. The number of benzene rings is 4. The first kappa shape index (κ1) is 65.6. The highest BCUT2D eigenvalue weighted by molar-refractivity contribution is 5.67. The van der Waals surface area contributed by atoms with Gasteiger partial charge in [-0.15, -0.1) is 0 Å². The van der Waals surface area contributed by atoms with E-state index in [1.807, 2.05) is 31.3 Å². The van der Waals surface area contributed by atoms with E-state index in [0.29, 0.717) is 0 Å². The van der Waals surface area contributed by atoms with E-state index in [4.69, 9.17) is 22.9 Å². The SMILES string of the molecule is C.C.C.C.C[N+](C)(C)CCN1CCc2ccc(N)cc21.C[N+](C)(C)CCNCCN1CCc2ccc(N)cc21.C[N+]1(C)CCN(CCN2CCc3ccc(N)cc32)CC1.C[n+]1ccn(CCN2CCc3ccc(N)cc32)c1. The molecule has 0 bridgehead atoms. The lowest BCUT2D eigenvalue weighted by molar-refractivity contribution is -0.894. The molecule has 0 amide bonds. The van der Waals surface area contributed by atoms with Crippen LogP contribution in [0.3, 0.4) is 0 Å². The van der Waals surface area contributed by atoms with Crippen LogP contribution >= 0.6 is 0 Å². The van der Waals surface area contributed by atoms with Crippen LogP contribution in [0.25, 0.3) is 0 Å². The summed E-state index contributed by atoms with van der Waals surface area (Å²) in [7, 11) is 20.1. The van der Waals surface area contributed by atoms with Gasteiger partial charge in [-0.2, -0.15) is 0 Å². The maximum Gasteiger partial charge on any atom is 0.243 e. The Balaban J connectivity index is 0.000000266. The van der Waals surface area contributed by atoms with Gasteiger partial charge in [0.1, 0.15) is 18.9 Å². The highest BCUT2D eigenvalue weighted by Crippen LogP contribution is 2.33. The van der Waals surface area contributed by atoms with Crippen LogP contribution in [0.1, 0.15) is 52.0 Å². The lowest BCUT2D eigenvalue weighted by Gasteiger charge is -2.39. The molecule has 15 nitrogen and oxygen atoms in total. The zero-order chi connectivity index (χ0) is 52.3. The van der Waals surface area contributed by atoms with Crippen LogP contribution in [0.4, 0.5) is 45.5 Å². The van der Waals surface area contributed by atoms with E-state index in [9.17, 15) is 0 Å². The fourth-order valence-corrected chi connectivity index (χ4v) is 10.4. The Bertz CT molecular complexity index is 2530. The molecule has 6 heterocycles. The van der Waals surface area contributed by atoms with E-state index in [1.54, 1.807) is 0 Å². The number of likely N-dealkylation sites (N-methyl/N-ethyl adjacent to an activating group) is 3. The molecule has 0 spiro atoms. The number of nitrogens with one attached hydrogen (secondary N) is 1. The number of aromatic nitrogens is 2. The second-order valence-corrected chi connectivity index (χ2v) is 23.8. The molecular formula is C62H111N15+4. The Kier molecular flexibility index (Phi) is 25.0. The second kappa shape index (κ2) is 29.3. The smallest absolute Gasteiger partial charge is 0.243 e. The number of quaternary nitrogens is 3. The first-order valence-electron chi connectivity index (χ1n) is 27.1. The molecule has 15 heteroatoms. The number of fused-ring (bicyclic) bond motifs is 4. The molecule has 5 aliphatic rings. The predicted molar refractivity (Wildman–Crippen MR) is 337 cm³/mol. The molecule has 430 valence electrons. The van der Waals surface area contributed by atoms with Gasteiger partial charge >= 0.3 is 0 Å². The number of anilines is 8. The van der Waals surface area contributed by atoms with Crippen LogP contribution in [-0.4, -0.2) is 191 Å². The molecule has 5 aromatic rings. The van der Waals surface area contributed by atoms with Crippen LogP contribution in [0, 0.1) is 0 Å². The number of hydrogen-bond acceptors (Lipinski definition) is 10. The number of piperazine rings is 1. The lowest BCUT2D eigenvalue weighted by Crippen LogP contribution is -2.55. The average molecular weight is 1070 g/mol. The van der Waals surface area contributed by atoms with E-state index in [0.717, 1.165) is 136 Å². The Hall–Kier alpha value is -5.71. The van der Waals surface area contributed by atoms with Gasteiger partial charge in [0.2, 0.25) is 6.33 Å². The van der Waals surface area contributed by atoms with Gasteiger partial charge in [-0.3, -0.25) is 4.90 Å². The number of nitrogen functional groups attached to an aromatic ring is 4. The van der Waals surface area contributed by atoms with E-state index >= 15 is 0 Å². The van der Waals surface area contributed by atoms with Crippen LogP contribution in [0.2, 0.25) is 0 Å². The summed E-state index contributed by atoms with van der Waals surface area (Å²) in [6, 6.07) is 25.1. The Labute approximate surface area is 469 Å². The van der Waals surface area contributed by atoms with Gasteiger partial charge in [0, 0.05) is 117 Å². The normalized spacial score (nSPS) is 15.8. The van der Waals surface area contributed by atoms with Crippen molar-refractivity contribution in [3.63, 3.8) is 0 Å². The number of imidazole rings is 1. The molecule has 1 saturated heterocycles. The minimum absolute atomic E-state index is 0. The molecule has 0 aliphatic carbocycles. The van der Waals surface area contributed by atoms with Gasteiger partial charge in [0.05, 0.1) is 103 Å². The molecule has 0 atom stereocenters. The van der Waals surface area contributed by atoms with Crippen molar-refractivity contribution in [3.8, 4) is 0 Å². The van der Waals surface area contributed by atoms with Crippen LogP contribution in [0.15, 0.2) is 91.5 Å². The zero-order valence-electron chi connectivity index (χ0n) is 46.5. The number of rotatable bonds is 15. The fourth-order valence-electron chi connectivity index (χ4n) is 10.4. The predicted octanol–water partition coefficient (Wildman–Crippen LogP) is 6.79. The Morgan fingerprint density at radius 2 is 0.857 bits per heavy atom. The van der Waals surface area contributed by atoms with Gasteiger partial charge in [-0.25, -0.2) is 9.13 Å². The summed E-state index contributed by atoms with van der Waals surface area (Å²) in [6.07, 6.45) is 10.9. The lowest BCUT2D eigenvalue weighted by atomic mass is 10.1. The molecule has 10 rings (SSSR count). The minimum atomic E-state index is 0. The molecule has 77 heavy (non-hydrogen) atoms. The van der Waals surface area contributed by atoms with Crippen molar-refractivity contribution in [2.75, 3.05) is 210 Å². The molecular weight excluding hydrogens is 955 g/mol. The summed E-state index contributed by atoms with van der Waals surface area (Å²) in [5.74, 6) is 0. The van der Waals surface area contributed by atoms with Crippen molar-refractivity contribution < 1.29 is 18.0 Å². The summed E-state index contributed by atoms with van der Waals surface area (Å²) in [6.45, 7) is 20.4. The first-order chi connectivity index (χ1) is 34.7. The van der Waals surface area contributed by atoms with Crippen molar-refractivity contribution in [2.45, 2.75) is 61.9 Å². The number of hydrogen-bond donors (Lipinski definition) is 5. The van der Waals surface area contributed by atoms with E-state index in [2.05, 4.69) is 163 Å². The van der Waals surface area contributed by atoms with Crippen molar-refractivity contribution in [1.29, 1.82) is 0 Å². The molecule has 0 saturated carbocycles. The van der Waals surface area contributed by atoms with Crippen LogP contribution < -0.4 is 52.4 Å². The Morgan fingerprint density at radius 1 is 0.481 bits per heavy atom. The second-order valence-electron chi connectivity index (χ2n) is 23.8. The summed E-state index contributed by atoms with van der Waals surface area (Å²) in [5, 5.41) is 3.53. The van der Waals surface area contributed by atoms with Crippen molar-refractivity contribution in [1.82, 2.24) is 14.8 Å². The third kappa shape index (κ3) is 19.9. The highest BCUT2D eigenvalue weighted by Gasteiger charge is 2.27. The monoisotopic (exact) mass is 1070 g/mol. The molecule has 1 fully saturated rings. The fraction of sp³-hybridized carbons (Fsp3) is 0.565. The topological polar surface area (TPSA) is 141 Å². The summed E-state index contributed by atoms with van der Waals surface area (Å²) < 4.78 is 7.46. The molecule has 9 N–H and O–H groups in total. The van der Waals surface area contributed by atoms with Crippen molar-refractivity contribution >= 4 is 45.5 Å². The van der Waals surface area contributed by atoms with Crippen LogP contribution in [0.5, 0.6) is 0 Å². The molecule has 0 unspecified atom stereocenters. The quantitative estimate of drug-likeness (QED) is 0.0330. The van der Waals surface area contributed by atoms with Gasteiger partial charge < -0.3 is 61.3 Å². The van der Waals surface area contributed by atoms with E-state index < -0.39 is 0 Å². The Morgan fingerprint density at radius 3 is 1.23 bits per heavy atom. The standard InChI is InChI=1S/C16H27N4.C15H27N4.C14H19N4.C13H22N3.4CH4/c1-20(2)11-9-18(10-12-20)7-8-19-6-5-14-3-4-15(17)13-16(14)19;1-19(2,3)11-8-17-7-10-18-9-6-13-4-5-14(16)12-15(13)18;1-16-6-7-17(11-16)8-9-18-5-4-12-2-3-13(15)10-14(12)18;1-16(2,3)9-8-15-7-6-11-4-5-12(14)10-13(11)15;;;;/h3-4,13H,5-12,17H2,1-2H3;4-5,12,17H,6-11,16H2,1-3H3;2-3,6-7,10-11H,4-5,8-9,15H2,1H3;4-5,10H,6-9,14H2,1-3H3;4*1H4/q4*+1;;;;. The molecule has 0 radical (unpaired) electrons. The van der Waals surface area contributed by atoms with Crippen LogP contribution in [-0.2, 0) is 39.3 Å². The van der Waals surface area contributed by atoms with Crippen molar-refractivity contribution in [3.05, 3.63) is 114 Å². The van der Waals surface area contributed by atoms with E-state index in [-0.39, 0.29) is 29.7 Å². The zero-order valence-corrected chi connectivity index (χ0v) is 46.5. The highest BCUT2D eigenvalue weighted by atomic mass is 15.4. The largest absolute Gasteiger partial charge is 0.399 e. The number of aryl methyl sites for hydroxylation is 1. The molecule has 5 aliphatic heterocycles. The van der Waals surface area contributed by atoms with Gasteiger partial charge in [-0.05, 0) is 96.5 Å². The summed E-state index contributed by atoms with van der Waals surface area (Å²) in [4.78, 5) is 12.4. The maximum absolute atomic E-state index is 5.92. The van der Waals surface area contributed by atoms with Gasteiger partial charge in [0.15, 0.2) is 0 Å². The third-order valence-electron chi connectivity index (χ3n) is 15.1. The van der Waals surface area contributed by atoms with E-state index in [1.165, 1.54) is 88.6 Å². The summed E-state index contributed by atoms with van der Waals surface area (Å²) in [5.41, 5.74) is 38.1. The maximum atomic E-state index is 5.92. The van der Waals surface area contributed by atoms with Gasteiger partial charge in [0.25, 0.3) is 0 Å². The molecule has 1 aromatic heterocycles. The average Bonchev–Trinajstić information content (AvgIpc) is 4.19. The van der Waals surface area contributed by atoms with Gasteiger partial charge in [-0.1, -0.05) is 54.0 Å². The first-order valence-corrected chi connectivity index (χ1v) is 27.1. The number of nitrogens with zero attached hydrogens (tertiary/aromatic N) is 10. The number of nitrogens with two attached hydrogens (primary N) is 4. The minimum Gasteiger partial charge on any atom is -0.399 e. The van der Waals surface area contributed by atoms with Crippen molar-refractivity contribution in [2.24, 2.45) is 7.05 Å².